The van der Waals surface area contributed by atoms with Gasteiger partial charge in [0, 0.05) is 0 Å². The molecule has 0 aliphatic carbocycles. The Kier molecular flexibility index (Phi) is 2.66. The zero-order valence-corrected chi connectivity index (χ0v) is 8.97. The number of carbonyl (C=O) groups excluding carboxylic acids is 1. The third-order valence-electron chi connectivity index (χ3n) is 2.32. The molecular weight excluding hydrogens is 224 g/mol. The van der Waals surface area contributed by atoms with E-state index >= 15 is 0 Å². The molecule has 0 saturated carbocycles. The lowest BCUT2D eigenvalue weighted by Gasteiger charge is -1.98. The third kappa shape index (κ3) is 1.78. The van der Waals surface area contributed by atoms with E-state index in [4.69, 9.17) is 9.68 Å². The average Bonchev–Trinajstić information content (AvgIpc) is 2.64. The van der Waals surface area contributed by atoms with Crippen LogP contribution in [0.1, 0.15) is 10.4 Å². The number of nitrogens with zero attached hydrogens (tertiary/aromatic N) is 2. The summed E-state index contributed by atoms with van der Waals surface area (Å²) in [5.41, 5.74) is 1.02. The van der Waals surface area contributed by atoms with Crippen molar-refractivity contribution in [1.82, 2.24) is 4.57 Å². The van der Waals surface area contributed by atoms with Crippen LogP contribution in [0, 0.1) is 11.3 Å². The van der Waals surface area contributed by atoms with Crippen LogP contribution in [0.3, 0.4) is 0 Å². The lowest BCUT2D eigenvalue weighted by atomic mass is 10.2. The maximum absolute atomic E-state index is 11.4. The first-order valence-electron chi connectivity index (χ1n) is 4.76. The van der Waals surface area contributed by atoms with Gasteiger partial charge < -0.3 is 9.15 Å². The molecule has 1 heterocycles. The number of nitriles is 1. The highest BCUT2D eigenvalue weighted by atomic mass is 16.5. The Morgan fingerprint density at radius 2 is 2.35 bits per heavy atom. The van der Waals surface area contributed by atoms with Gasteiger partial charge in [-0.15, -0.1) is 0 Å². The molecule has 1 aromatic heterocycles. The Hall–Kier alpha value is -2.55. The lowest BCUT2D eigenvalue weighted by Crippen LogP contribution is -2.12. The maximum Gasteiger partial charge on any atom is 0.420 e. The Morgan fingerprint density at radius 3 is 3.00 bits per heavy atom. The molecule has 0 unspecified atom stereocenters. The van der Waals surface area contributed by atoms with Crippen molar-refractivity contribution in [1.29, 1.82) is 5.26 Å². The van der Waals surface area contributed by atoms with Crippen molar-refractivity contribution >= 4 is 17.1 Å². The fourth-order valence-electron chi connectivity index (χ4n) is 1.53. The second kappa shape index (κ2) is 4.14. The topological polar surface area (TPSA) is 85.2 Å². The van der Waals surface area contributed by atoms with Crippen LogP contribution in [0.2, 0.25) is 0 Å². The quantitative estimate of drug-likeness (QED) is 0.718. The minimum absolute atomic E-state index is 0.0938. The molecule has 2 aromatic rings. The van der Waals surface area contributed by atoms with E-state index in [1.165, 1.54) is 23.8 Å². The van der Waals surface area contributed by atoms with Gasteiger partial charge >= 0.3 is 11.7 Å². The molecule has 17 heavy (non-hydrogen) atoms. The number of hydrogen-bond acceptors (Lipinski definition) is 5. The van der Waals surface area contributed by atoms with Crippen LogP contribution in [0.15, 0.2) is 27.4 Å². The van der Waals surface area contributed by atoms with Crippen molar-refractivity contribution < 1.29 is 13.9 Å². The molecule has 1 aromatic carbocycles. The molecule has 86 valence electrons. The zero-order chi connectivity index (χ0) is 12.4. The number of benzene rings is 1. The third-order valence-corrected chi connectivity index (χ3v) is 2.32. The van der Waals surface area contributed by atoms with Crippen molar-refractivity contribution in [2.75, 3.05) is 7.11 Å². The largest absolute Gasteiger partial charge is 0.465 e. The van der Waals surface area contributed by atoms with Crippen molar-refractivity contribution in [3.8, 4) is 6.07 Å². The molecule has 0 bridgehead atoms. The van der Waals surface area contributed by atoms with E-state index in [0.717, 1.165) is 0 Å². The van der Waals surface area contributed by atoms with Gasteiger partial charge in [0.25, 0.3) is 0 Å². The van der Waals surface area contributed by atoms with E-state index in [1.807, 2.05) is 6.07 Å². The van der Waals surface area contributed by atoms with Crippen LogP contribution in [0.5, 0.6) is 0 Å². The SMILES string of the molecule is COC(=O)c1ccc2c(c1)oc(=O)n2CC#N. The minimum atomic E-state index is -0.622. The molecule has 0 saturated heterocycles. The average molecular weight is 232 g/mol. The normalized spacial score (nSPS) is 10.1. The number of rotatable bonds is 2. The van der Waals surface area contributed by atoms with Crippen molar-refractivity contribution in [3.05, 3.63) is 34.3 Å². The van der Waals surface area contributed by atoms with Gasteiger partial charge in [0.05, 0.1) is 24.3 Å². The molecule has 0 amide bonds. The highest BCUT2D eigenvalue weighted by molar-refractivity contribution is 5.93. The number of esters is 1. The Labute approximate surface area is 95.6 Å². The highest BCUT2D eigenvalue weighted by Gasteiger charge is 2.12. The molecule has 0 radical (unpaired) electrons. The van der Waals surface area contributed by atoms with Crippen molar-refractivity contribution in [2.45, 2.75) is 6.54 Å². The van der Waals surface area contributed by atoms with Crippen LogP contribution < -0.4 is 5.76 Å². The predicted molar refractivity (Wildman–Crippen MR) is 57.4 cm³/mol. The molecular formula is C11H8N2O4. The van der Waals surface area contributed by atoms with Gasteiger partial charge in [-0.3, -0.25) is 4.57 Å². The smallest absolute Gasteiger partial charge is 0.420 e. The first-order valence-corrected chi connectivity index (χ1v) is 4.76. The molecule has 2 rings (SSSR count). The monoisotopic (exact) mass is 232 g/mol. The minimum Gasteiger partial charge on any atom is -0.465 e. The fraction of sp³-hybridized carbons (Fsp3) is 0.182. The molecule has 6 nitrogen and oxygen atoms in total. The Balaban J connectivity index is 2.62. The number of aromatic nitrogens is 1. The summed E-state index contributed by atoms with van der Waals surface area (Å²) in [5.74, 6) is -1.13. The first-order chi connectivity index (χ1) is 8.17. The molecule has 0 N–H and O–H groups in total. The van der Waals surface area contributed by atoms with E-state index < -0.39 is 11.7 Å². The number of ether oxygens (including phenoxy) is 1. The second-order valence-corrected chi connectivity index (χ2v) is 3.29. The van der Waals surface area contributed by atoms with Gasteiger partial charge in [-0.25, -0.2) is 9.59 Å². The summed E-state index contributed by atoms with van der Waals surface area (Å²) in [6, 6.07) is 6.33. The summed E-state index contributed by atoms with van der Waals surface area (Å²) in [4.78, 5) is 22.7. The van der Waals surface area contributed by atoms with E-state index in [0.29, 0.717) is 5.52 Å². The molecule has 0 aliphatic heterocycles. The molecule has 0 atom stereocenters. The molecule has 6 heteroatoms. The van der Waals surface area contributed by atoms with E-state index in [2.05, 4.69) is 4.74 Å². The summed E-state index contributed by atoms with van der Waals surface area (Å²) in [5, 5.41) is 8.58. The lowest BCUT2D eigenvalue weighted by molar-refractivity contribution is 0.0601. The molecule has 0 spiro atoms. The number of hydrogen-bond donors (Lipinski definition) is 0. The summed E-state index contributed by atoms with van der Waals surface area (Å²) < 4.78 is 10.7. The van der Waals surface area contributed by atoms with Gasteiger partial charge in [0.2, 0.25) is 0 Å². The Morgan fingerprint density at radius 1 is 1.59 bits per heavy atom. The zero-order valence-electron chi connectivity index (χ0n) is 8.97. The fourth-order valence-corrected chi connectivity index (χ4v) is 1.53. The van der Waals surface area contributed by atoms with Gasteiger partial charge in [0.1, 0.15) is 6.54 Å². The van der Waals surface area contributed by atoms with Crippen LogP contribution in [-0.4, -0.2) is 17.6 Å². The number of methoxy groups -OCH3 is 1. The standard InChI is InChI=1S/C11H8N2O4/c1-16-10(14)7-2-3-8-9(6-7)17-11(15)13(8)5-4-12/h2-3,6H,5H2,1H3. The van der Waals surface area contributed by atoms with E-state index in [1.54, 1.807) is 6.07 Å². The van der Waals surface area contributed by atoms with Crippen LogP contribution in [-0.2, 0) is 11.3 Å². The summed E-state index contributed by atoms with van der Waals surface area (Å²) in [6.45, 7) is -0.0938. The van der Waals surface area contributed by atoms with Gasteiger partial charge in [-0.1, -0.05) is 0 Å². The van der Waals surface area contributed by atoms with Gasteiger partial charge in [-0.2, -0.15) is 5.26 Å². The van der Waals surface area contributed by atoms with Crippen LogP contribution >= 0.6 is 0 Å². The first kappa shape index (κ1) is 11.0. The second-order valence-electron chi connectivity index (χ2n) is 3.29. The highest BCUT2D eigenvalue weighted by Crippen LogP contribution is 2.15. The van der Waals surface area contributed by atoms with E-state index in [-0.39, 0.29) is 17.7 Å². The number of carbonyl (C=O) groups is 1. The van der Waals surface area contributed by atoms with E-state index in [9.17, 15) is 9.59 Å². The van der Waals surface area contributed by atoms with Crippen LogP contribution in [0.4, 0.5) is 0 Å². The summed E-state index contributed by atoms with van der Waals surface area (Å²) in [7, 11) is 1.27. The summed E-state index contributed by atoms with van der Waals surface area (Å²) >= 11 is 0. The van der Waals surface area contributed by atoms with Crippen molar-refractivity contribution in [2.24, 2.45) is 0 Å². The van der Waals surface area contributed by atoms with Crippen molar-refractivity contribution in [3.63, 3.8) is 0 Å². The predicted octanol–water partition coefficient (Wildman–Crippen LogP) is 0.905. The summed E-state index contributed by atoms with van der Waals surface area (Å²) in [6.07, 6.45) is 0. The molecule has 0 aliphatic rings. The molecule has 0 fully saturated rings. The maximum atomic E-state index is 11.4. The number of oxazole rings is 1. The Bertz CT molecular complexity index is 675. The van der Waals surface area contributed by atoms with Crippen LogP contribution in [0.25, 0.3) is 11.1 Å². The van der Waals surface area contributed by atoms with Gasteiger partial charge in [-0.05, 0) is 18.2 Å². The number of fused-ring (bicyclic) bond motifs is 1. The van der Waals surface area contributed by atoms with Gasteiger partial charge in [0.15, 0.2) is 5.58 Å².